The number of hydrogen-bond acceptors (Lipinski definition) is 4. The molecular weight excluding hydrogens is 260 g/mol. The van der Waals surface area contributed by atoms with Crippen LogP contribution in [0, 0.1) is 5.41 Å². The molecule has 0 saturated carbocycles. The third-order valence-corrected chi connectivity index (χ3v) is 2.47. The second-order valence-electron chi connectivity index (χ2n) is 5.20. The molecule has 1 heterocycles. The fourth-order valence-corrected chi connectivity index (χ4v) is 1.26. The van der Waals surface area contributed by atoms with Crippen molar-refractivity contribution >= 4 is 17.7 Å². The van der Waals surface area contributed by atoms with E-state index in [9.17, 15) is 14.4 Å². The number of esters is 1. The van der Waals surface area contributed by atoms with Crippen LogP contribution in [0.15, 0.2) is 30.1 Å². The highest BCUT2D eigenvalue weighted by Crippen LogP contribution is 2.14. The second-order valence-corrected chi connectivity index (χ2v) is 5.20. The molecule has 2 N–H and O–H groups in total. The molecule has 0 aliphatic heterocycles. The summed E-state index contributed by atoms with van der Waals surface area (Å²) in [5.74, 6) is -1.58. The molecule has 1 amide bonds. The molecule has 6 heteroatoms. The van der Waals surface area contributed by atoms with Crippen molar-refractivity contribution in [2.45, 2.75) is 20.8 Å². The van der Waals surface area contributed by atoms with Crippen LogP contribution in [-0.2, 0) is 14.3 Å². The van der Waals surface area contributed by atoms with E-state index in [1.165, 1.54) is 7.11 Å². The summed E-state index contributed by atoms with van der Waals surface area (Å²) in [6.07, 6.45) is 2.63. The minimum absolute atomic E-state index is 0.188. The Morgan fingerprint density at radius 1 is 1.30 bits per heavy atom. The first-order valence-electron chi connectivity index (χ1n) is 6.05. The number of ketones is 1. The Balaban J connectivity index is 2.99. The van der Waals surface area contributed by atoms with Gasteiger partial charge in [-0.1, -0.05) is 20.8 Å². The van der Waals surface area contributed by atoms with Gasteiger partial charge in [-0.15, -0.1) is 0 Å². The molecular formula is C14H18N2O4. The Bertz CT molecular complexity index is 536. The summed E-state index contributed by atoms with van der Waals surface area (Å²) in [6.45, 7) is 5.10. The average Bonchev–Trinajstić information content (AvgIpc) is 2.89. The SMILES string of the molecule is COC(=O)/C(=C\C(=O)c1ccc[nH]1)NC(=O)C(C)(C)C. The van der Waals surface area contributed by atoms with E-state index in [4.69, 9.17) is 0 Å². The van der Waals surface area contributed by atoms with Crippen molar-refractivity contribution in [1.82, 2.24) is 10.3 Å². The van der Waals surface area contributed by atoms with Crippen molar-refractivity contribution in [2.75, 3.05) is 7.11 Å². The second kappa shape index (κ2) is 6.18. The predicted molar refractivity (Wildman–Crippen MR) is 72.8 cm³/mol. The Morgan fingerprint density at radius 3 is 2.40 bits per heavy atom. The number of rotatable bonds is 4. The molecule has 1 aromatic rings. The first-order chi connectivity index (χ1) is 9.25. The maximum atomic E-state index is 11.9. The molecule has 0 bridgehead atoms. The maximum Gasteiger partial charge on any atom is 0.354 e. The van der Waals surface area contributed by atoms with Crippen LogP contribution in [-0.4, -0.2) is 29.8 Å². The van der Waals surface area contributed by atoms with Gasteiger partial charge in [0, 0.05) is 17.7 Å². The molecule has 0 spiro atoms. The summed E-state index contributed by atoms with van der Waals surface area (Å²) in [5, 5.41) is 2.41. The lowest BCUT2D eigenvalue weighted by Gasteiger charge is -2.18. The van der Waals surface area contributed by atoms with Gasteiger partial charge in [0.05, 0.1) is 12.8 Å². The van der Waals surface area contributed by atoms with Crippen molar-refractivity contribution in [3.63, 3.8) is 0 Å². The molecule has 0 aliphatic rings. The van der Waals surface area contributed by atoms with Gasteiger partial charge in [-0.2, -0.15) is 0 Å². The first kappa shape index (κ1) is 15.7. The van der Waals surface area contributed by atoms with Crippen LogP contribution in [0.25, 0.3) is 0 Å². The smallest absolute Gasteiger partial charge is 0.354 e. The minimum Gasteiger partial charge on any atom is -0.464 e. The molecule has 0 atom stereocenters. The number of methoxy groups -OCH3 is 1. The van der Waals surface area contributed by atoms with Gasteiger partial charge in [0.25, 0.3) is 0 Å². The van der Waals surface area contributed by atoms with Crippen LogP contribution < -0.4 is 5.32 Å². The standard InChI is InChI=1S/C14H18N2O4/c1-14(2,3)13(19)16-10(12(18)20-4)8-11(17)9-6-5-7-15-9/h5-8,15H,1-4H3,(H,16,19)/b10-8+. The lowest BCUT2D eigenvalue weighted by molar-refractivity contribution is -0.138. The van der Waals surface area contributed by atoms with E-state index < -0.39 is 17.2 Å². The molecule has 0 aliphatic carbocycles. The van der Waals surface area contributed by atoms with Crippen LogP contribution in [0.2, 0.25) is 0 Å². The Labute approximate surface area is 117 Å². The Kier molecular flexibility index (Phi) is 4.85. The number of amides is 1. The van der Waals surface area contributed by atoms with Crippen molar-refractivity contribution < 1.29 is 19.1 Å². The van der Waals surface area contributed by atoms with E-state index in [1.807, 2.05) is 0 Å². The lowest BCUT2D eigenvalue weighted by Crippen LogP contribution is -2.37. The molecule has 20 heavy (non-hydrogen) atoms. The zero-order valence-corrected chi connectivity index (χ0v) is 11.9. The molecule has 0 aromatic carbocycles. The number of hydrogen-bond donors (Lipinski definition) is 2. The summed E-state index contributed by atoms with van der Waals surface area (Å²) in [5.41, 5.74) is -0.564. The zero-order valence-electron chi connectivity index (χ0n) is 11.9. The van der Waals surface area contributed by atoms with E-state index in [0.717, 1.165) is 6.08 Å². The van der Waals surface area contributed by atoms with Gasteiger partial charge < -0.3 is 15.0 Å². The number of aromatic amines is 1. The van der Waals surface area contributed by atoms with E-state index in [2.05, 4.69) is 15.0 Å². The summed E-state index contributed by atoms with van der Waals surface area (Å²) in [7, 11) is 1.18. The van der Waals surface area contributed by atoms with Crippen LogP contribution in [0.5, 0.6) is 0 Å². The van der Waals surface area contributed by atoms with Gasteiger partial charge >= 0.3 is 5.97 Å². The van der Waals surface area contributed by atoms with E-state index in [0.29, 0.717) is 5.69 Å². The van der Waals surface area contributed by atoms with Crippen molar-refractivity contribution in [3.05, 3.63) is 35.8 Å². The summed E-state index contributed by atoms with van der Waals surface area (Å²) in [4.78, 5) is 38.1. The Hall–Kier alpha value is -2.37. The van der Waals surface area contributed by atoms with Gasteiger partial charge in [0.1, 0.15) is 5.70 Å². The number of allylic oxidation sites excluding steroid dienone is 1. The van der Waals surface area contributed by atoms with Crippen LogP contribution >= 0.6 is 0 Å². The molecule has 6 nitrogen and oxygen atoms in total. The highest BCUT2D eigenvalue weighted by atomic mass is 16.5. The van der Waals surface area contributed by atoms with Gasteiger partial charge in [-0.25, -0.2) is 4.79 Å². The number of aromatic nitrogens is 1. The van der Waals surface area contributed by atoms with Crippen LogP contribution in [0.4, 0.5) is 0 Å². The third-order valence-electron chi connectivity index (χ3n) is 2.47. The normalized spacial score (nSPS) is 11.9. The molecule has 1 aromatic heterocycles. The minimum atomic E-state index is -0.775. The van der Waals surface area contributed by atoms with E-state index >= 15 is 0 Å². The maximum absolute atomic E-state index is 11.9. The number of carbonyl (C=O) groups is 3. The molecule has 0 radical (unpaired) electrons. The summed E-state index contributed by atoms with van der Waals surface area (Å²) < 4.78 is 4.56. The largest absolute Gasteiger partial charge is 0.464 e. The number of carbonyl (C=O) groups excluding carboxylic acids is 3. The Morgan fingerprint density at radius 2 is 1.95 bits per heavy atom. The first-order valence-corrected chi connectivity index (χ1v) is 6.05. The highest BCUT2D eigenvalue weighted by molar-refractivity contribution is 6.08. The molecule has 1 rings (SSSR count). The average molecular weight is 278 g/mol. The number of nitrogens with one attached hydrogen (secondary N) is 2. The molecule has 108 valence electrons. The lowest BCUT2D eigenvalue weighted by atomic mass is 9.95. The predicted octanol–water partition coefficient (Wildman–Crippen LogP) is 1.42. The van der Waals surface area contributed by atoms with Gasteiger partial charge in [-0.3, -0.25) is 9.59 Å². The van der Waals surface area contributed by atoms with Gasteiger partial charge in [-0.05, 0) is 12.1 Å². The zero-order chi connectivity index (χ0) is 15.3. The van der Waals surface area contributed by atoms with Crippen molar-refractivity contribution in [3.8, 4) is 0 Å². The van der Waals surface area contributed by atoms with Crippen molar-refractivity contribution in [1.29, 1.82) is 0 Å². The quantitative estimate of drug-likeness (QED) is 0.495. The molecule has 0 unspecified atom stereocenters. The monoisotopic (exact) mass is 278 g/mol. The van der Waals surface area contributed by atoms with E-state index in [1.54, 1.807) is 39.1 Å². The number of ether oxygens (including phenoxy) is 1. The summed E-state index contributed by atoms with van der Waals surface area (Å²) in [6, 6.07) is 3.23. The topological polar surface area (TPSA) is 88.3 Å². The van der Waals surface area contributed by atoms with Crippen LogP contribution in [0.1, 0.15) is 31.3 Å². The third kappa shape index (κ3) is 4.08. The van der Waals surface area contributed by atoms with Gasteiger partial charge in [0.15, 0.2) is 0 Å². The molecule has 0 saturated heterocycles. The van der Waals surface area contributed by atoms with Crippen molar-refractivity contribution in [2.24, 2.45) is 5.41 Å². The molecule has 0 fully saturated rings. The number of H-pyrrole nitrogens is 1. The van der Waals surface area contributed by atoms with E-state index in [-0.39, 0.29) is 11.6 Å². The fourth-order valence-electron chi connectivity index (χ4n) is 1.26. The van der Waals surface area contributed by atoms with Gasteiger partial charge in [0.2, 0.25) is 11.7 Å². The fraction of sp³-hybridized carbons (Fsp3) is 0.357. The van der Waals surface area contributed by atoms with Crippen LogP contribution in [0.3, 0.4) is 0 Å². The summed E-state index contributed by atoms with van der Waals surface area (Å²) >= 11 is 0. The highest BCUT2D eigenvalue weighted by Gasteiger charge is 2.25.